The summed E-state index contributed by atoms with van der Waals surface area (Å²) in [6.45, 7) is 1.90. The normalized spacial score (nSPS) is 12.0. The lowest BCUT2D eigenvalue weighted by molar-refractivity contribution is 0.600. The number of nitrogens with one attached hydrogen (secondary N) is 1. The van der Waals surface area contributed by atoms with Gasteiger partial charge in [0.05, 0.1) is 22.3 Å². The average molecular weight is 422 g/mol. The first-order valence-electron chi connectivity index (χ1n) is 9.53. The molecule has 0 bridgehead atoms. The summed E-state index contributed by atoms with van der Waals surface area (Å²) in [5.41, 5.74) is 3.75. The van der Waals surface area contributed by atoms with Gasteiger partial charge in [0.15, 0.2) is 0 Å². The van der Waals surface area contributed by atoms with Crippen LogP contribution in [0.5, 0.6) is 0 Å². The minimum atomic E-state index is -0.324. The molecule has 0 saturated carbocycles. The molecule has 0 fully saturated rings. The number of halogens is 2. The number of rotatable bonds is 5. The number of fused-ring (bicyclic) bond motifs is 1. The fourth-order valence-electron chi connectivity index (χ4n) is 3.31. The molecule has 0 aliphatic heterocycles. The van der Waals surface area contributed by atoms with E-state index < -0.39 is 0 Å². The molecule has 4 aromatic rings. The molecule has 0 spiro atoms. The van der Waals surface area contributed by atoms with Crippen LogP contribution < -0.4 is 10.2 Å². The van der Waals surface area contributed by atoms with Gasteiger partial charge >= 0.3 is 0 Å². The van der Waals surface area contributed by atoms with Crippen LogP contribution in [0.15, 0.2) is 61.1 Å². The first-order valence-corrected chi connectivity index (χ1v) is 9.91. The zero-order chi connectivity index (χ0) is 21.3. The van der Waals surface area contributed by atoms with Crippen LogP contribution in [-0.2, 0) is 0 Å². The maximum atomic E-state index is 14.7. The first-order chi connectivity index (χ1) is 14.4. The van der Waals surface area contributed by atoms with Crippen LogP contribution in [0.4, 0.5) is 16.0 Å². The highest BCUT2D eigenvalue weighted by atomic mass is 35.5. The maximum absolute atomic E-state index is 14.7. The molecule has 152 valence electrons. The van der Waals surface area contributed by atoms with Crippen molar-refractivity contribution in [3.63, 3.8) is 0 Å². The quantitative estimate of drug-likeness (QED) is 0.446. The Balaban J connectivity index is 1.67. The Hall–Kier alpha value is -3.25. The van der Waals surface area contributed by atoms with Crippen molar-refractivity contribution in [1.29, 1.82) is 0 Å². The molecule has 0 saturated heterocycles. The Bertz CT molecular complexity index is 1190. The standard InChI is InChI=1S/C23H21ClFN5/c1-14(29-22-17-6-4-5-7-21(17)26-13-19(22)24)18-10-15(8-9-20(18)25)16-11-27-23(28-12-16)30(2)3/h4-14H,1-3H3,(H,26,29). The second-order valence-electron chi connectivity index (χ2n) is 7.27. The highest BCUT2D eigenvalue weighted by Crippen LogP contribution is 2.34. The lowest BCUT2D eigenvalue weighted by atomic mass is 10.0. The number of hydrogen-bond donors (Lipinski definition) is 1. The first kappa shape index (κ1) is 20.0. The van der Waals surface area contributed by atoms with Crippen LogP contribution >= 0.6 is 11.6 Å². The zero-order valence-corrected chi connectivity index (χ0v) is 17.7. The van der Waals surface area contributed by atoms with Gasteiger partial charge in [0.1, 0.15) is 5.82 Å². The van der Waals surface area contributed by atoms with Crippen LogP contribution in [0.2, 0.25) is 5.02 Å². The molecular weight excluding hydrogens is 401 g/mol. The van der Waals surface area contributed by atoms with E-state index in [1.807, 2.05) is 56.3 Å². The number of hydrogen-bond acceptors (Lipinski definition) is 5. The molecule has 1 N–H and O–H groups in total. The summed E-state index contributed by atoms with van der Waals surface area (Å²) < 4.78 is 14.7. The van der Waals surface area contributed by atoms with Crippen molar-refractivity contribution in [1.82, 2.24) is 15.0 Å². The maximum Gasteiger partial charge on any atom is 0.224 e. The van der Waals surface area contributed by atoms with E-state index in [-0.39, 0.29) is 11.9 Å². The predicted octanol–water partition coefficient (Wildman–Crippen LogP) is 5.72. The molecule has 1 atom stereocenters. The topological polar surface area (TPSA) is 53.9 Å². The Morgan fingerprint density at radius 1 is 0.967 bits per heavy atom. The molecule has 0 radical (unpaired) electrons. The van der Waals surface area contributed by atoms with Crippen molar-refractivity contribution < 1.29 is 4.39 Å². The van der Waals surface area contributed by atoms with E-state index in [4.69, 9.17) is 11.6 Å². The number of anilines is 2. The Kier molecular flexibility index (Phi) is 5.50. The molecule has 2 aromatic heterocycles. The minimum Gasteiger partial charge on any atom is -0.377 e. The van der Waals surface area contributed by atoms with Crippen LogP contribution in [0.1, 0.15) is 18.5 Å². The third-order valence-corrected chi connectivity index (χ3v) is 5.21. The molecular formula is C23H21ClFN5. The Morgan fingerprint density at radius 2 is 1.70 bits per heavy atom. The van der Waals surface area contributed by atoms with Crippen molar-refractivity contribution in [2.24, 2.45) is 0 Å². The lowest BCUT2D eigenvalue weighted by Crippen LogP contribution is -2.12. The van der Waals surface area contributed by atoms with Crippen molar-refractivity contribution in [2.75, 3.05) is 24.3 Å². The molecule has 0 aliphatic carbocycles. The number of pyridine rings is 1. The summed E-state index contributed by atoms with van der Waals surface area (Å²) >= 11 is 6.40. The van der Waals surface area contributed by atoms with E-state index in [0.29, 0.717) is 16.5 Å². The van der Waals surface area contributed by atoms with Gasteiger partial charge in [-0.2, -0.15) is 0 Å². The van der Waals surface area contributed by atoms with Crippen molar-refractivity contribution >= 4 is 34.1 Å². The van der Waals surface area contributed by atoms with Crippen LogP contribution in [0, 0.1) is 5.82 Å². The van der Waals surface area contributed by atoms with Gasteiger partial charge in [0.2, 0.25) is 5.95 Å². The molecule has 7 heteroatoms. The van der Waals surface area contributed by atoms with Gasteiger partial charge < -0.3 is 10.2 Å². The smallest absolute Gasteiger partial charge is 0.224 e. The van der Waals surface area contributed by atoms with Gasteiger partial charge in [-0.25, -0.2) is 14.4 Å². The van der Waals surface area contributed by atoms with Gasteiger partial charge in [-0.15, -0.1) is 0 Å². The SMILES string of the molecule is CC(Nc1c(Cl)cnc2ccccc12)c1cc(-c2cnc(N(C)C)nc2)ccc1F. The Morgan fingerprint density at radius 3 is 2.43 bits per heavy atom. The van der Waals surface area contributed by atoms with Gasteiger partial charge in [0, 0.05) is 49.2 Å². The van der Waals surface area contributed by atoms with E-state index in [1.54, 1.807) is 24.7 Å². The lowest BCUT2D eigenvalue weighted by Gasteiger charge is -2.19. The van der Waals surface area contributed by atoms with Crippen molar-refractivity contribution in [3.8, 4) is 11.1 Å². The predicted molar refractivity (Wildman–Crippen MR) is 121 cm³/mol. The molecule has 30 heavy (non-hydrogen) atoms. The van der Waals surface area contributed by atoms with E-state index in [1.165, 1.54) is 6.07 Å². The van der Waals surface area contributed by atoms with Gasteiger partial charge in [-0.05, 0) is 30.7 Å². The molecule has 5 nitrogen and oxygen atoms in total. The third-order valence-electron chi connectivity index (χ3n) is 4.92. The summed E-state index contributed by atoms with van der Waals surface area (Å²) in [6, 6.07) is 12.4. The molecule has 0 amide bonds. The van der Waals surface area contributed by atoms with E-state index in [2.05, 4.69) is 20.3 Å². The fourth-order valence-corrected chi connectivity index (χ4v) is 3.52. The number of aromatic nitrogens is 3. The summed E-state index contributed by atoms with van der Waals surface area (Å²) in [5, 5.41) is 4.74. The highest BCUT2D eigenvalue weighted by molar-refractivity contribution is 6.34. The third kappa shape index (κ3) is 3.91. The van der Waals surface area contributed by atoms with E-state index >= 15 is 0 Å². The van der Waals surface area contributed by atoms with Gasteiger partial charge in [-0.3, -0.25) is 4.98 Å². The van der Waals surface area contributed by atoms with Crippen LogP contribution in [0.3, 0.4) is 0 Å². The van der Waals surface area contributed by atoms with Crippen molar-refractivity contribution in [2.45, 2.75) is 13.0 Å². The van der Waals surface area contributed by atoms with E-state index in [9.17, 15) is 4.39 Å². The molecule has 2 aromatic carbocycles. The van der Waals surface area contributed by atoms with E-state index in [0.717, 1.165) is 27.7 Å². The minimum absolute atomic E-state index is 0.293. The summed E-state index contributed by atoms with van der Waals surface area (Å²) in [6.07, 6.45) is 5.09. The monoisotopic (exact) mass is 421 g/mol. The Labute approximate surface area is 179 Å². The largest absolute Gasteiger partial charge is 0.377 e. The number of para-hydroxylation sites is 1. The molecule has 1 unspecified atom stereocenters. The number of benzene rings is 2. The fraction of sp³-hybridized carbons (Fsp3) is 0.174. The van der Waals surface area contributed by atoms with Gasteiger partial charge in [-0.1, -0.05) is 35.9 Å². The second kappa shape index (κ2) is 8.24. The molecule has 0 aliphatic rings. The van der Waals surface area contributed by atoms with Crippen LogP contribution in [-0.4, -0.2) is 29.0 Å². The second-order valence-corrected chi connectivity index (χ2v) is 7.67. The van der Waals surface area contributed by atoms with Gasteiger partial charge in [0.25, 0.3) is 0 Å². The molecule has 2 heterocycles. The van der Waals surface area contributed by atoms with Crippen molar-refractivity contribution in [3.05, 3.63) is 77.5 Å². The average Bonchev–Trinajstić information content (AvgIpc) is 2.76. The van der Waals surface area contributed by atoms with Crippen LogP contribution in [0.25, 0.3) is 22.0 Å². The zero-order valence-electron chi connectivity index (χ0n) is 16.9. The number of nitrogens with zero attached hydrogens (tertiary/aromatic N) is 4. The summed E-state index contributed by atoms with van der Waals surface area (Å²) in [4.78, 5) is 14.9. The summed E-state index contributed by atoms with van der Waals surface area (Å²) in [5.74, 6) is 0.328. The highest BCUT2D eigenvalue weighted by Gasteiger charge is 2.16. The molecule has 4 rings (SSSR count). The summed E-state index contributed by atoms with van der Waals surface area (Å²) in [7, 11) is 3.76.